The van der Waals surface area contributed by atoms with Gasteiger partial charge in [-0.1, -0.05) is 0 Å². The van der Waals surface area contributed by atoms with Crippen LogP contribution < -0.4 is 5.32 Å². The number of nitrogens with one attached hydrogen (secondary N) is 1. The lowest BCUT2D eigenvalue weighted by Crippen LogP contribution is -2.25. The Labute approximate surface area is 105 Å². The lowest BCUT2D eigenvalue weighted by Gasteiger charge is -2.11. The van der Waals surface area contributed by atoms with Crippen molar-refractivity contribution in [3.05, 3.63) is 24.0 Å². The van der Waals surface area contributed by atoms with Crippen LogP contribution in [-0.2, 0) is 4.79 Å². The Morgan fingerprint density at radius 1 is 1.50 bits per heavy atom. The summed E-state index contributed by atoms with van der Waals surface area (Å²) >= 11 is 0. The van der Waals surface area contributed by atoms with Gasteiger partial charge in [0.15, 0.2) is 0 Å². The first-order valence-electron chi connectivity index (χ1n) is 5.75. The van der Waals surface area contributed by atoms with E-state index < -0.39 is 5.97 Å². The van der Waals surface area contributed by atoms with Crippen molar-refractivity contribution in [1.29, 1.82) is 0 Å². The second kappa shape index (κ2) is 5.14. The molecule has 1 saturated heterocycles. The van der Waals surface area contributed by atoms with E-state index in [1.807, 2.05) is 7.05 Å². The fourth-order valence-electron chi connectivity index (χ4n) is 1.99. The van der Waals surface area contributed by atoms with Gasteiger partial charge in [0.25, 0.3) is 0 Å². The largest absolute Gasteiger partial charge is 0.477 e. The van der Waals surface area contributed by atoms with Gasteiger partial charge in [0.2, 0.25) is 5.91 Å². The van der Waals surface area contributed by atoms with E-state index in [0.29, 0.717) is 5.69 Å². The Morgan fingerprint density at radius 3 is 2.78 bits per heavy atom. The van der Waals surface area contributed by atoms with E-state index in [1.54, 1.807) is 6.07 Å². The van der Waals surface area contributed by atoms with Crippen molar-refractivity contribution in [1.82, 2.24) is 9.88 Å². The van der Waals surface area contributed by atoms with Gasteiger partial charge < -0.3 is 15.3 Å². The number of rotatable bonds is 3. The first kappa shape index (κ1) is 12.5. The fourth-order valence-corrected chi connectivity index (χ4v) is 1.99. The molecule has 2 N–H and O–H groups in total. The molecule has 1 aromatic rings. The summed E-state index contributed by atoms with van der Waals surface area (Å²) in [5, 5.41) is 11.5. The Morgan fingerprint density at radius 2 is 2.28 bits per heavy atom. The summed E-state index contributed by atoms with van der Waals surface area (Å²) in [6.07, 6.45) is 2.21. The van der Waals surface area contributed by atoms with E-state index in [0.717, 1.165) is 19.5 Å². The van der Waals surface area contributed by atoms with E-state index in [4.69, 9.17) is 5.11 Å². The molecule has 6 nitrogen and oxygen atoms in total. The standard InChI is InChI=1S/C12H15N3O3/c1-15-5-4-8(7-15)11(16)14-9-2-3-10(12(17)18)13-6-9/h2-3,6,8H,4-5,7H2,1H3,(H,14,16)(H,17,18). The molecule has 2 rings (SSSR count). The van der Waals surface area contributed by atoms with Gasteiger partial charge in [-0.2, -0.15) is 0 Å². The number of aromatic carboxylic acids is 1. The average molecular weight is 249 g/mol. The molecule has 1 atom stereocenters. The number of carbonyl (C=O) groups is 2. The van der Waals surface area contributed by atoms with Gasteiger partial charge in [0.1, 0.15) is 5.69 Å². The number of anilines is 1. The van der Waals surface area contributed by atoms with E-state index in [9.17, 15) is 9.59 Å². The van der Waals surface area contributed by atoms with Crippen LogP contribution in [0.25, 0.3) is 0 Å². The van der Waals surface area contributed by atoms with Crippen molar-refractivity contribution in [2.24, 2.45) is 5.92 Å². The smallest absolute Gasteiger partial charge is 0.354 e. The van der Waals surface area contributed by atoms with Gasteiger partial charge in [0.05, 0.1) is 17.8 Å². The highest BCUT2D eigenvalue weighted by atomic mass is 16.4. The van der Waals surface area contributed by atoms with Crippen molar-refractivity contribution in [2.45, 2.75) is 6.42 Å². The molecule has 0 aromatic carbocycles. The molecular weight excluding hydrogens is 234 g/mol. The van der Waals surface area contributed by atoms with Crippen molar-refractivity contribution >= 4 is 17.6 Å². The Bertz CT molecular complexity index is 458. The predicted molar refractivity (Wildman–Crippen MR) is 65.4 cm³/mol. The van der Waals surface area contributed by atoms with Crippen LogP contribution in [0.2, 0.25) is 0 Å². The zero-order valence-corrected chi connectivity index (χ0v) is 10.1. The Kier molecular flexibility index (Phi) is 3.57. The molecule has 0 bridgehead atoms. The summed E-state index contributed by atoms with van der Waals surface area (Å²) in [5.74, 6) is -1.12. The summed E-state index contributed by atoms with van der Waals surface area (Å²) in [4.78, 5) is 28.4. The molecule has 0 spiro atoms. The van der Waals surface area contributed by atoms with Crippen molar-refractivity contribution < 1.29 is 14.7 Å². The molecule has 1 aromatic heterocycles. The zero-order valence-electron chi connectivity index (χ0n) is 10.1. The summed E-state index contributed by atoms with van der Waals surface area (Å²) in [6, 6.07) is 2.92. The molecule has 1 amide bonds. The quantitative estimate of drug-likeness (QED) is 0.822. The van der Waals surface area contributed by atoms with Crippen molar-refractivity contribution in [3.8, 4) is 0 Å². The van der Waals surface area contributed by atoms with Gasteiger partial charge in [-0.3, -0.25) is 4.79 Å². The van der Waals surface area contributed by atoms with Gasteiger partial charge in [0, 0.05) is 6.54 Å². The van der Waals surface area contributed by atoms with Crippen LogP contribution in [0.5, 0.6) is 0 Å². The maximum absolute atomic E-state index is 11.9. The molecule has 0 radical (unpaired) electrons. The molecule has 18 heavy (non-hydrogen) atoms. The van der Waals surface area contributed by atoms with Crippen LogP contribution in [0, 0.1) is 5.92 Å². The number of amides is 1. The molecule has 1 fully saturated rings. The predicted octanol–water partition coefficient (Wildman–Crippen LogP) is 0.670. The minimum atomic E-state index is -1.08. The molecule has 0 aliphatic carbocycles. The highest BCUT2D eigenvalue weighted by Crippen LogP contribution is 2.16. The molecule has 0 saturated carbocycles. The number of hydrogen-bond acceptors (Lipinski definition) is 4. The van der Waals surface area contributed by atoms with Crippen molar-refractivity contribution in [2.75, 3.05) is 25.5 Å². The van der Waals surface area contributed by atoms with Gasteiger partial charge in [-0.25, -0.2) is 9.78 Å². The van der Waals surface area contributed by atoms with Crippen LogP contribution in [0.3, 0.4) is 0 Å². The van der Waals surface area contributed by atoms with E-state index in [-0.39, 0.29) is 17.5 Å². The van der Waals surface area contributed by atoms with Gasteiger partial charge >= 0.3 is 5.97 Å². The van der Waals surface area contributed by atoms with Crippen LogP contribution in [0.15, 0.2) is 18.3 Å². The highest BCUT2D eigenvalue weighted by Gasteiger charge is 2.26. The number of hydrogen-bond donors (Lipinski definition) is 2. The molecule has 96 valence electrons. The zero-order chi connectivity index (χ0) is 13.1. The van der Waals surface area contributed by atoms with Gasteiger partial charge in [-0.05, 0) is 32.1 Å². The monoisotopic (exact) mass is 249 g/mol. The van der Waals surface area contributed by atoms with Crippen molar-refractivity contribution in [3.63, 3.8) is 0 Å². The lowest BCUT2D eigenvalue weighted by atomic mass is 10.1. The first-order valence-corrected chi connectivity index (χ1v) is 5.75. The number of carboxylic acid groups (broad SMARTS) is 1. The SMILES string of the molecule is CN1CCC(C(=O)Nc2ccc(C(=O)O)nc2)C1. The number of likely N-dealkylation sites (tertiary alicyclic amines) is 1. The third-order valence-corrected chi connectivity index (χ3v) is 3.01. The highest BCUT2D eigenvalue weighted by molar-refractivity contribution is 5.93. The Balaban J connectivity index is 1.97. The maximum Gasteiger partial charge on any atom is 0.354 e. The molecule has 1 unspecified atom stereocenters. The third-order valence-electron chi connectivity index (χ3n) is 3.01. The second-order valence-corrected chi connectivity index (χ2v) is 4.47. The molecule has 6 heteroatoms. The number of pyridine rings is 1. The summed E-state index contributed by atoms with van der Waals surface area (Å²) < 4.78 is 0. The second-order valence-electron chi connectivity index (χ2n) is 4.47. The van der Waals surface area contributed by atoms with E-state index >= 15 is 0 Å². The van der Waals surface area contributed by atoms with Crippen LogP contribution in [0.4, 0.5) is 5.69 Å². The van der Waals surface area contributed by atoms with Gasteiger partial charge in [-0.15, -0.1) is 0 Å². The van der Waals surface area contributed by atoms with Crippen LogP contribution in [0.1, 0.15) is 16.9 Å². The number of carboxylic acids is 1. The normalized spacial score (nSPS) is 19.7. The van der Waals surface area contributed by atoms with Crippen LogP contribution >= 0.6 is 0 Å². The molecular formula is C12H15N3O3. The van der Waals surface area contributed by atoms with Crippen LogP contribution in [-0.4, -0.2) is 47.0 Å². The molecule has 2 heterocycles. The minimum Gasteiger partial charge on any atom is -0.477 e. The lowest BCUT2D eigenvalue weighted by molar-refractivity contribution is -0.119. The summed E-state index contributed by atoms with van der Waals surface area (Å²) in [5.41, 5.74) is 0.494. The molecule has 1 aliphatic rings. The maximum atomic E-state index is 11.9. The minimum absolute atomic E-state index is 0.00542. The summed E-state index contributed by atoms with van der Waals surface area (Å²) in [6.45, 7) is 1.68. The van der Waals surface area contributed by atoms with E-state index in [1.165, 1.54) is 12.3 Å². The topological polar surface area (TPSA) is 82.5 Å². The number of carbonyl (C=O) groups excluding carboxylic acids is 1. The first-order chi connectivity index (χ1) is 8.56. The third kappa shape index (κ3) is 2.84. The fraction of sp³-hybridized carbons (Fsp3) is 0.417. The summed E-state index contributed by atoms with van der Waals surface area (Å²) in [7, 11) is 1.98. The number of nitrogens with zero attached hydrogens (tertiary/aromatic N) is 2. The van der Waals surface area contributed by atoms with E-state index in [2.05, 4.69) is 15.2 Å². The number of aromatic nitrogens is 1. The Hall–Kier alpha value is -1.95. The average Bonchev–Trinajstić information content (AvgIpc) is 2.76. The molecule has 1 aliphatic heterocycles.